The Morgan fingerprint density at radius 3 is 1.49 bits per heavy atom. The van der Waals surface area contributed by atoms with E-state index in [4.69, 9.17) is 5.11 Å². The van der Waals surface area contributed by atoms with Gasteiger partial charge in [-0.1, -0.05) is 12.1 Å². The molecule has 0 aromatic carbocycles. The van der Waals surface area contributed by atoms with Crippen LogP contribution >= 0.6 is 0 Å². The number of aliphatic hydroxyl groups is 1. The van der Waals surface area contributed by atoms with Crippen LogP contribution in [0.25, 0.3) is 44.8 Å². The van der Waals surface area contributed by atoms with Crippen molar-refractivity contribution in [2.24, 2.45) is 0 Å². The zero-order valence-corrected chi connectivity index (χ0v) is 32.8. The Morgan fingerprint density at radius 2 is 1.04 bits per heavy atom. The van der Waals surface area contributed by atoms with Crippen molar-refractivity contribution in [2.45, 2.75) is 13.8 Å². The molecule has 292 valence electrons. The average molecular weight is 765 g/mol. The van der Waals surface area contributed by atoms with E-state index < -0.39 is 0 Å². The van der Waals surface area contributed by atoms with Crippen molar-refractivity contribution in [3.8, 4) is 22.5 Å². The Morgan fingerprint density at radius 1 is 0.579 bits per heavy atom. The van der Waals surface area contributed by atoms with Crippen LogP contribution in [0.2, 0.25) is 0 Å². The summed E-state index contributed by atoms with van der Waals surface area (Å²) in [6.45, 7) is 11.4. The highest BCUT2D eigenvalue weighted by Crippen LogP contribution is 2.33. The van der Waals surface area contributed by atoms with Crippen LogP contribution in [0.3, 0.4) is 0 Å². The van der Waals surface area contributed by atoms with Gasteiger partial charge in [-0.05, 0) is 67.7 Å². The number of hydrogen-bond donors (Lipinski definition) is 2. The zero-order chi connectivity index (χ0) is 39.6. The summed E-state index contributed by atoms with van der Waals surface area (Å²) < 4.78 is 8.14. The molecular weight excluding hydrogens is 717 g/mol. The van der Waals surface area contributed by atoms with Crippen LogP contribution < -0.4 is 15.1 Å². The smallest absolute Gasteiger partial charge is 0.176 e. The van der Waals surface area contributed by atoms with E-state index in [2.05, 4.69) is 82.2 Å². The second-order valence-electron chi connectivity index (χ2n) is 14.4. The van der Waals surface area contributed by atoms with Crippen LogP contribution in [0.4, 0.5) is 11.4 Å². The number of carbonyl (C=O) groups is 2. The van der Waals surface area contributed by atoms with Gasteiger partial charge in [-0.3, -0.25) is 18.4 Å². The Labute approximate surface area is 331 Å². The molecular formula is C44H48N10O3. The summed E-state index contributed by atoms with van der Waals surface area (Å²) in [6, 6.07) is 24.8. The number of ketones is 2. The molecule has 2 aliphatic heterocycles. The molecule has 0 amide bonds. The number of nitrogens with zero attached hydrogens (tertiary/aromatic N) is 9. The molecule has 0 unspecified atom stereocenters. The predicted octanol–water partition coefficient (Wildman–Crippen LogP) is 5.68. The maximum atomic E-state index is 12.3. The van der Waals surface area contributed by atoms with E-state index in [0.717, 1.165) is 104 Å². The maximum Gasteiger partial charge on any atom is 0.176 e. The molecule has 8 aromatic heterocycles. The number of pyridine rings is 4. The Hall–Kier alpha value is -6.28. The molecule has 10 rings (SSSR count). The van der Waals surface area contributed by atoms with E-state index in [1.54, 1.807) is 26.2 Å². The molecule has 2 aliphatic rings. The normalized spacial score (nSPS) is 14.8. The van der Waals surface area contributed by atoms with Crippen LogP contribution in [-0.4, -0.2) is 116 Å². The molecule has 2 saturated heterocycles. The van der Waals surface area contributed by atoms with Crippen LogP contribution in [0.15, 0.2) is 110 Å². The van der Waals surface area contributed by atoms with Gasteiger partial charge in [0.15, 0.2) is 11.6 Å². The fraction of sp³-hybridized carbons (Fsp3) is 0.273. The molecule has 57 heavy (non-hydrogen) atoms. The monoisotopic (exact) mass is 764 g/mol. The first-order chi connectivity index (χ1) is 27.8. The van der Waals surface area contributed by atoms with Gasteiger partial charge in [0.2, 0.25) is 0 Å². The number of imidazole rings is 2. The lowest BCUT2D eigenvalue weighted by Crippen LogP contribution is -2.44. The SMILES string of the molecule is CC(=O)c1cc(-c2cccc3nccn23)c2cc(N3CCN(C)CC3)ccn12.CC(=O)c1cc(-c2cccc3nccn23)c2cc(N3CCNCC3)ccn12.CO. The first-order valence-corrected chi connectivity index (χ1v) is 19.3. The predicted molar refractivity (Wildman–Crippen MR) is 226 cm³/mol. The minimum atomic E-state index is 0.0592. The summed E-state index contributed by atoms with van der Waals surface area (Å²) >= 11 is 0. The Balaban J connectivity index is 0.000000153. The quantitative estimate of drug-likeness (QED) is 0.206. The third-order valence-corrected chi connectivity index (χ3v) is 11.0. The van der Waals surface area contributed by atoms with E-state index in [-0.39, 0.29) is 11.6 Å². The van der Waals surface area contributed by atoms with Gasteiger partial charge in [-0.25, -0.2) is 9.97 Å². The molecule has 13 heteroatoms. The van der Waals surface area contributed by atoms with Gasteiger partial charge in [-0.15, -0.1) is 0 Å². The lowest BCUT2D eigenvalue weighted by molar-refractivity contribution is 0.0999. The third kappa shape index (κ3) is 7.16. The number of anilines is 2. The highest BCUT2D eigenvalue weighted by molar-refractivity contribution is 5.99. The van der Waals surface area contributed by atoms with Crippen molar-refractivity contribution in [3.05, 3.63) is 121 Å². The zero-order valence-electron chi connectivity index (χ0n) is 32.8. The van der Waals surface area contributed by atoms with E-state index in [0.29, 0.717) is 11.4 Å². The van der Waals surface area contributed by atoms with Gasteiger partial charge in [0.25, 0.3) is 0 Å². The highest BCUT2D eigenvalue weighted by atomic mass is 16.2. The number of aromatic nitrogens is 6. The molecule has 0 bridgehead atoms. The van der Waals surface area contributed by atoms with Crippen molar-refractivity contribution < 1.29 is 14.7 Å². The first kappa shape index (κ1) is 37.6. The number of fused-ring (bicyclic) bond motifs is 4. The average Bonchev–Trinajstić information content (AvgIpc) is 4.07. The number of nitrogens with one attached hydrogen (secondary N) is 1. The molecule has 10 heterocycles. The van der Waals surface area contributed by atoms with Crippen LogP contribution in [0.1, 0.15) is 34.8 Å². The molecule has 2 N–H and O–H groups in total. The lowest BCUT2D eigenvalue weighted by atomic mass is 10.1. The summed E-state index contributed by atoms with van der Waals surface area (Å²) in [5.41, 5.74) is 11.8. The van der Waals surface area contributed by atoms with Crippen molar-refractivity contribution in [1.82, 2.24) is 37.8 Å². The summed E-state index contributed by atoms with van der Waals surface area (Å²) in [7, 11) is 3.16. The molecule has 2 fully saturated rings. The van der Waals surface area contributed by atoms with E-state index in [1.807, 2.05) is 70.0 Å². The second-order valence-corrected chi connectivity index (χ2v) is 14.4. The number of rotatable bonds is 6. The number of Topliss-reactive ketones (excluding diaryl/α,β-unsaturated/α-hetero) is 2. The second kappa shape index (κ2) is 16.1. The third-order valence-electron chi connectivity index (χ3n) is 11.0. The van der Waals surface area contributed by atoms with E-state index in [1.165, 1.54) is 11.4 Å². The van der Waals surface area contributed by atoms with E-state index >= 15 is 0 Å². The Kier molecular flexibility index (Phi) is 10.6. The van der Waals surface area contributed by atoms with Crippen molar-refractivity contribution in [3.63, 3.8) is 0 Å². The Bertz CT molecular complexity index is 2710. The van der Waals surface area contributed by atoms with Gasteiger partial charge >= 0.3 is 0 Å². The van der Waals surface area contributed by atoms with Crippen LogP contribution in [0.5, 0.6) is 0 Å². The number of hydrogen-bond acceptors (Lipinski definition) is 9. The molecule has 0 radical (unpaired) electrons. The first-order valence-electron chi connectivity index (χ1n) is 19.3. The van der Waals surface area contributed by atoms with E-state index in [9.17, 15) is 9.59 Å². The molecule has 8 aromatic rings. The van der Waals surface area contributed by atoms with Crippen molar-refractivity contribution >= 4 is 45.3 Å². The van der Waals surface area contributed by atoms with Gasteiger partial charge in [0.05, 0.1) is 33.8 Å². The van der Waals surface area contributed by atoms with Gasteiger partial charge in [0, 0.05) is 133 Å². The summed E-state index contributed by atoms with van der Waals surface area (Å²) in [4.78, 5) is 40.5. The number of likely N-dealkylation sites (N-methyl/N-ethyl adjacent to an activating group) is 1. The molecule has 13 nitrogen and oxygen atoms in total. The largest absolute Gasteiger partial charge is 0.400 e. The van der Waals surface area contributed by atoms with Crippen LogP contribution in [-0.2, 0) is 0 Å². The van der Waals surface area contributed by atoms with Crippen molar-refractivity contribution in [2.75, 3.05) is 76.3 Å². The summed E-state index contributed by atoms with van der Waals surface area (Å²) in [5.74, 6) is 0.121. The summed E-state index contributed by atoms with van der Waals surface area (Å²) in [6.07, 6.45) is 11.6. The van der Waals surface area contributed by atoms with Gasteiger partial charge in [0.1, 0.15) is 11.3 Å². The fourth-order valence-electron chi connectivity index (χ4n) is 8.04. The van der Waals surface area contributed by atoms with Gasteiger partial charge in [-0.2, -0.15) is 0 Å². The maximum absolute atomic E-state index is 12.3. The molecule has 0 aliphatic carbocycles. The minimum absolute atomic E-state index is 0.0592. The number of aliphatic hydroxyl groups excluding tert-OH is 1. The topological polar surface area (TPSA) is 120 Å². The fourth-order valence-corrected chi connectivity index (χ4v) is 8.04. The molecule has 0 spiro atoms. The minimum Gasteiger partial charge on any atom is -0.400 e. The standard InChI is InChI=1S/C22H23N5O.C21H21N5O.CH4O/c1-16(28)20-15-18(19-4-3-5-22-23-7-9-27(19)22)21-14-17(6-8-26(20)21)25-12-10-24(2)11-13-25;1-15(27)19-14-17(18-3-2-4-21-23-8-12-26(18)21)20-13-16(5-9-25(19)20)24-10-6-22-7-11-24;1-2/h3-9,14-15H,10-13H2,1-2H3;2-5,8-9,12-14,22H,6-7,10-11H2,1H3;2H,1H3. The number of carbonyl (C=O) groups excluding carboxylic acids is 2. The van der Waals surface area contributed by atoms with Crippen LogP contribution in [0, 0.1) is 0 Å². The van der Waals surface area contributed by atoms with Crippen molar-refractivity contribution in [1.29, 1.82) is 0 Å². The highest BCUT2D eigenvalue weighted by Gasteiger charge is 2.21. The molecule has 0 saturated carbocycles. The summed E-state index contributed by atoms with van der Waals surface area (Å²) in [5, 5.41) is 10.4. The number of piperazine rings is 2. The lowest BCUT2D eigenvalue weighted by Gasteiger charge is -2.34. The molecule has 0 atom stereocenters. The van der Waals surface area contributed by atoms with Gasteiger partial charge < -0.3 is 33.9 Å².